The molecule has 1 fully saturated rings. The van der Waals surface area contributed by atoms with Crippen molar-refractivity contribution >= 4 is 18.2 Å². The smallest absolute Gasteiger partial charge is 0.255 e. The maximum Gasteiger partial charge on any atom is 0.255 e. The first-order valence-electron chi connectivity index (χ1n) is 10.1. The van der Waals surface area contributed by atoms with Gasteiger partial charge in [-0.3, -0.25) is 9.69 Å². The van der Waals surface area contributed by atoms with Gasteiger partial charge in [0.1, 0.15) is 11.6 Å². The molecule has 166 valence electrons. The SMILES string of the molecule is C=Cc1c(C(=O)NCc2nn[nH]n2)cnn1C=CCN1CCCC1c1cc(F)ccc1F. The van der Waals surface area contributed by atoms with E-state index in [1.807, 2.05) is 6.08 Å². The van der Waals surface area contributed by atoms with Crippen molar-refractivity contribution in [2.75, 3.05) is 13.1 Å². The minimum Gasteiger partial charge on any atom is -0.344 e. The van der Waals surface area contributed by atoms with Crippen molar-refractivity contribution in [3.8, 4) is 0 Å². The van der Waals surface area contributed by atoms with E-state index in [-0.39, 0.29) is 18.5 Å². The molecule has 1 atom stereocenters. The van der Waals surface area contributed by atoms with Gasteiger partial charge in [0.05, 0.1) is 24.0 Å². The largest absolute Gasteiger partial charge is 0.344 e. The lowest BCUT2D eigenvalue weighted by Gasteiger charge is -2.23. The van der Waals surface area contributed by atoms with Crippen LogP contribution in [0.3, 0.4) is 0 Å². The Morgan fingerprint density at radius 3 is 3.03 bits per heavy atom. The summed E-state index contributed by atoms with van der Waals surface area (Å²) in [6, 6.07) is 3.38. The molecule has 0 saturated carbocycles. The number of rotatable bonds is 8. The number of amides is 1. The number of aromatic amines is 1. The van der Waals surface area contributed by atoms with Crippen LogP contribution in [0.15, 0.2) is 37.1 Å². The minimum atomic E-state index is -0.443. The van der Waals surface area contributed by atoms with E-state index in [4.69, 9.17) is 0 Å². The molecule has 9 nitrogen and oxygen atoms in total. The third-order valence-electron chi connectivity index (χ3n) is 5.34. The van der Waals surface area contributed by atoms with E-state index < -0.39 is 11.6 Å². The van der Waals surface area contributed by atoms with Gasteiger partial charge >= 0.3 is 0 Å². The van der Waals surface area contributed by atoms with Crippen molar-refractivity contribution in [1.82, 2.24) is 40.6 Å². The molecule has 3 heterocycles. The molecular weight excluding hydrogens is 418 g/mol. The summed E-state index contributed by atoms with van der Waals surface area (Å²) in [5.41, 5.74) is 1.26. The van der Waals surface area contributed by atoms with Crippen LogP contribution in [0, 0.1) is 11.6 Å². The molecule has 32 heavy (non-hydrogen) atoms. The van der Waals surface area contributed by atoms with E-state index in [1.165, 1.54) is 18.3 Å². The standard InChI is InChI=1S/C21H22F2N8O/c1-2-18-16(21(32)24-13-20-26-28-29-27-20)12-25-31(18)10-4-9-30-8-3-5-19(30)15-11-14(22)6-7-17(15)23/h2,4,6-7,10-12,19H,1,3,5,8-9,13H2,(H,24,32)(H,26,27,28,29). The van der Waals surface area contributed by atoms with Gasteiger partial charge < -0.3 is 5.32 Å². The second kappa shape index (κ2) is 9.60. The van der Waals surface area contributed by atoms with Crippen LogP contribution in [0.2, 0.25) is 0 Å². The number of nitrogens with one attached hydrogen (secondary N) is 2. The van der Waals surface area contributed by atoms with E-state index in [1.54, 1.807) is 17.0 Å². The van der Waals surface area contributed by atoms with Crippen LogP contribution in [-0.2, 0) is 6.54 Å². The number of carbonyl (C=O) groups excluding carboxylic acids is 1. The fourth-order valence-electron chi connectivity index (χ4n) is 3.83. The monoisotopic (exact) mass is 440 g/mol. The summed E-state index contributed by atoms with van der Waals surface area (Å²) in [6.45, 7) is 5.20. The molecule has 11 heteroatoms. The Morgan fingerprint density at radius 1 is 1.38 bits per heavy atom. The number of tetrazole rings is 1. The number of halogens is 2. The summed E-state index contributed by atoms with van der Waals surface area (Å²) >= 11 is 0. The number of aromatic nitrogens is 6. The van der Waals surface area contributed by atoms with Gasteiger partial charge in [-0.1, -0.05) is 17.9 Å². The van der Waals surface area contributed by atoms with Gasteiger partial charge in [0.25, 0.3) is 5.91 Å². The topological polar surface area (TPSA) is 105 Å². The maximum atomic E-state index is 14.2. The summed E-state index contributed by atoms with van der Waals surface area (Å²) < 4.78 is 29.4. The number of H-pyrrole nitrogens is 1. The first-order valence-corrected chi connectivity index (χ1v) is 10.1. The average molecular weight is 440 g/mol. The lowest BCUT2D eigenvalue weighted by Crippen LogP contribution is -2.24. The highest BCUT2D eigenvalue weighted by Gasteiger charge is 2.27. The van der Waals surface area contributed by atoms with Crippen molar-refractivity contribution < 1.29 is 13.6 Å². The predicted molar refractivity (Wildman–Crippen MR) is 113 cm³/mol. The number of benzene rings is 1. The Balaban J connectivity index is 1.42. The number of nitrogens with zero attached hydrogens (tertiary/aromatic N) is 6. The van der Waals surface area contributed by atoms with Gasteiger partial charge in [0, 0.05) is 24.4 Å². The third kappa shape index (κ3) is 4.62. The zero-order valence-corrected chi connectivity index (χ0v) is 17.2. The highest BCUT2D eigenvalue weighted by atomic mass is 19.1. The number of likely N-dealkylation sites (tertiary alicyclic amines) is 1. The molecule has 0 aliphatic carbocycles. The molecule has 2 N–H and O–H groups in total. The zero-order chi connectivity index (χ0) is 22.5. The second-order valence-corrected chi connectivity index (χ2v) is 7.31. The Hall–Kier alpha value is -3.73. The number of carbonyl (C=O) groups is 1. The van der Waals surface area contributed by atoms with Crippen molar-refractivity contribution in [3.63, 3.8) is 0 Å². The minimum absolute atomic E-state index is 0.125. The molecule has 1 aromatic carbocycles. The molecule has 4 rings (SSSR count). The summed E-state index contributed by atoms with van der Waals surface area (Å²) in [5, 5.41) is 20.3. The van der Waals surface area contributed by atoms with E-state index >= 15 is 0 Å². The Morgan fingerprint density at radius 2 is 2.25 bits per heavy atom. The Kier molecular flexibility index (Phi) is 6.45. The van der Waals surface area contributed by atoms with Gasteiger partial charge in [-0.25, -0.2) is 13.5 Å². The van der Waals surface area contributed by atoms with Crippen LogP contribution < -0.4 is 5.32 Å². The van der Waals surface area contributed by atoms with Crippen LogP contribution in [0.25, 0.3) is 12.3 Å². The molecule has 2 aromatic heterocycles. The van der Waals surface area contributed by atoms with E-state index in [0.29, 0.717) is 29.2 Å². The fourth-order valence-corrected chi connectivity index (χ4v) is 3.83. The lowest BCUT2D eigenvalue weighted by atomic mass is 10.0. The normalized spacial score (nSPS) is 16.6. The van der Waals surface area contributed by atoms with Crippen molar-refractivity contribution in [2.45, 2.75) is 25.4 Å². The number of hydrogen-bond donors (Lipinski definition) is 2. The van der Waals surface area contributed by atoms with Gasteiger partial charge in [0.15, 0.2) is 5.82 Å². The maximum absolute atomic E-state index is 14.2. The third-order valence-corrected chi connectivity index (χ3v) is 5.34. The molecule has 1 amide bonds. The summed E-state index contributed by atoms with van der Waals surface area (Å²) in [7, 11) is 0. The van der Waals surface area contributed by atoms with Crippen LogP contribution >= 0.6 is 0 Å². The van der Waals surface area contributed by atoms with Gasteiger partial charge in [0.2, 0.25) is 0 Å². The van der Waals surface area contributed by atoms with Crippen LogP contribution in [-0.4, -0.2) is 54.3 Å². The molecule has 1 unspecified atom stereocenters. The predicted octanol–water partition coefficient (Wildman–Crippen LogP) is 2.56. The zero-order valence-electron chi connectivity index (χ0n) is 17.2. The van der Waals surface area contributed by atoms with E-state index in [0.717, 1.165) is 25.5 Å². The highest BCUT2D eigenvalue weighted by Crippen LogP contribution is 2.33. The van der Waals surface area contributed by atoms with Gasteiger partial charge in [-0.05, 0) is 43.7 Å². The van der Waals surface area contributed by atoms with Gasteiger partial charge in [-0.15, -0.1) is 10.2 Å². The molecule has 0 spiro atoms. The molecule has 3 aromatic rings. The van der Waals surface area contributed by atoms with E-state index in [2.05, 4.69) is 42.5 Å². The van der Waals surface area contributed by atoms with Crippen LogP contribution in [0.5, 0.6) is 0 Å². The van der Waals surface area contributed by atoms with Crippen molar-refractivity contribution in [1.29, 1.82) is 0 Å². The van der Waals surface area contributed by atoms with Crippen LogP contribution in [0.4, 0.5) is 8.78 Å². The Labute approximate surface area is 182 Å². The Bertz CT molecular complexity index is 1130. The molecule has 0 radical (unpaired) electrons. The average Bonchev–Trinajstić information content (AvgIpc) is 3.55. The molecule has 1 aliphatic rings. The second-order valence-electron chi connectivity index (χ2n) is 7.31. The summed E-state index contributed by atoms with van der Waals surface area (Å²) in [6.07, 6.45) is 8.26. The molecule has 1 saturated heterocycles. The summed E-state index contributed by atoms with van der Waals surface area (Å²) in [4.78, 5) is 14.6. The highest BCUT2D eigenvalue weighted by molar-refractivity contribution is 5.97. The number of hydrogen-bond acceptors (Lipinski definition) is 6. The van der Waals surface area contributed by atoms with E-state index in [9.17, 15) is 13.6 Å². The first-order chi connectivity index (χ1) is 15.6. The molecule has 1 aliphatic heterocycles. The first kappa shape index (κ1) is 21.5. The quantitative estimate of drug-likeness (QED) is 0.558. The van der Waals surface area contributed by atoms with Crippen LogP contribution in [0.1, 0.15) is 46.3 Å². The molecule has 0 bridgehead atoms. The lowest BCUT2D eigenvalue weighted by molar-refractivity contribution is 0.0949. The summed E-state index contributed by atoms with van der Waals surface area (Å²) in [5.74, 6) is -0.822. The molecular formula is C21H22F2N8O. The van der Waals surface area contributed by atoms with Gasteiger partial charge in [-0.2, -0.15) is 10.3 Å². The van der Waals surface area contributed by atoms with Crippen molar-refractivity contribution in [2.24, 2.45) is 0 Å². The fraction of sp³-hybridized carbons (Fsp3) is 0.286. The van der Waals surface area contributed by atoms with Crippen molar-refractivity contribution in [3.05, 3.63) is 71.3 Å².